The van der Waals surface area contributed by atoms with Gasteiger partial charge < -0.3 is 15.6 Å². The van der Waals surface area contributed by atoms with E-state index in [0.717, 1.165) is 10.1 Å². The Morgan fingerprint density at radius 2 is 2.40 bits per heavy atom. The highest BCUT2D eigenvalue weighted by Gasteiger charge is 2.16. The van der Waals surface area contributed by atoms with Gasteiger partial charge in [-0.3, -0.25) is 9.78 Å². The van der Waals surface area contributed by atoms with Crippen LogP contribution in [0.5, 0.6) is 0 Å². The Kier molecular flexibility index (Phi) is 3.30. The van der Waals surface area contributed by atoms with Crippen molar-refractivity contribution >= 4 is 33.0 Å². The molecule has 3 aromatic rings. The molecule has 0 spiro atoms. The summed E-state index contributed by atoms with van der Waals surface area (Å²) in [5.41, 5.74) is 6.48. The lowest BCUT2D eigenvalue weighted by atomic mass is 10.2. The van der Waals surface area contributed by atoms with Gasteiger partial charge in [-0.15, -0.1) is 11.3 Å². The fourth-order valence-corrected chi connectivity index (χ4v) is 2.82. The van der Waals surface area contributed by atoms with E-state index in [2.05, 4.69) is 20.4 Å². The number of rotatable bonds is 4. The summed E-state index contributed by atoms with van der Waals surface area (Å²) >= 11 is 1.33. The number of amides is 1. The minimum Gasteiger partial charge on any atom is -0.397 e. The first-order valence-electron chi connectivity index (χ1n) is 5.91. The number of thiophene rings is 1. The average molecular weight is 289 g/mol. The van der Waals surface area contributed by atoms with Crippen molar-refractivity contribution in [1.29, 1.82) is 0 Å². The van der Waals surface area contributed by atoms with Crippen LogP contribution >= 0.6 is 11.3 Å². The third-order valence-electron chi connectivity index (χ3n) is 2.77. The van der Waals surface area contributed by atoms with Gasteiger partial charge in [-0.25, -0.2) is 0 Å². The molecule has 7 nitrogen and oxygen atoms in total. The molecule has 0 aliphatic carbocycles. The summed E-state index contributed by atoms with van der Waals surface area (Å²) < 4.78 is 5.75. The fraction of sp³-hybridized carbons (Fsp3) is 0.167. The molecule has 20 heavy (non-hydrogen) atoms. The van der Waals surface area contributed by atoms with Gasteiger partial charge in [0.05, 0.1) is 10.4 Å². The van der Waals surface area contributed by atoms with Crippen molar-refractivity contribution in [3.8, 4) is 0 Å². The summed E-state index contributed by atoms with van der Waals surface area (Å²) in [6, 6.07) is 1.80. The molecule has 0 unspecified atom stereocenters. The molecule has 8 heteroatoms. The van der Waals surface area contributed by atoms with Gasteiger partial charge >= 0.3 is 0 Å². The van der Waals surface area contributed by atoms with Crippen LogP contribution in [0.2, 0.25) is 0 Å². The van der Waals surface area contributed by atoms with Gasteiger partial charge in [0.1, 0.15) is 4.88 Å². The molecule has 0 bridgehead atoms. The maximum absolute atomic E-state index is 12.1. The topological polar surface area (TPSA) is 107 Å². The van der Waals surface area contributed by atoms with Crippen LogP contribution in [-0.4, -0.2) is 27.6 Å². The standard InChI is InChI=1S/C12H11N5O2S/c13-10-7-1-3-14-5-8(7)20-11(10)12(18)15-4-2-9-16-6-17-19-9/h1,3,5-6H,2,4,13H2,(H,15,18). The molecule has 3 N–H and O–H groups in total. The lowest BCUT2D eigenvalue weighted by molar-refractivity contribution is 0.0958. The molecule has 0 aliphatic rings. The van der Waals surface area contributed by atoms with Gasteiger partial charge in [-0.1, -0.05) is 5.16 Å². The van der Waals surface area contributed by atoms with Crippen molar-refractivity contribution in [2.24, 2.45) is 0 Å². The zero-order chi connectivity index (χ0) is 13.9. The molecule has 0 saturated heterocycles. The van der Waals surface area contributed by atoms with Gasteiger partial charge in [0.25, 0.3) is 5.91 Å². The summed E-state index contributed by atoms with van der Waals surface area (Å²) in [6.45, 7) is 0.410. The van der Waals surface area contributed by atoms with E-state index in [9.17, 15) is 4.79 Å². The number of nitrogens with two attached hydrogens (primary N) is 1. The van der Waals surface area contributed by atoms with Crippen molar-refractivity contribution in [3.05, 3.63) is 35.6 Å². The predicted octanol–water partition coefficient (Wildman–Crippen LogP) is 1.23. The Labute approximate surface area is 117 Å². The molecule has 3 rings (SSSR count). The second-order valence-corrected chi connectivity index (χ2v) is 5.11. The largest absolute Gasteiger partial charge is 0.397 e. The van der Waals surface area contributed by atoms with Gasteiger partial charge in [-0.05, 0) is 6.07 Å². The summed E-state index contributed by atoms with van der Waals surface area (Å²) in [7, 11) is 0. The molecular formula is C12H11N5O2S. The number of carbonyl (C=O) groups is 1. The molecule has 0 radical (unpaired) electrons. The van der Waals surface area contributed by atoms with E-state index >= 15 is 0 Å². The van der Waals surface area contributed by atoms with E-state index in [-0.39, 0.29) is 5.91 Å². The summed E-state index contributed by atoms with van der Waals surface area (Å²) in [5.74, 6) is 0.280. The molecule has 3 heterocycles. The van der Waals surface area contributed by atoms with Gasteiger partial charge in [0, 0.05) is 30.7 Å². The summed E-state index contributed by atoms with van der Waals surface area (Å²) in [5, 5.41) is 7.13. The second kappa shape index (κ2) is 5.25. The van der Waals surface area contributed by atoms with Gasteiger partial charge in [0.2, 0.25) is 5.89 Å². The van der Waals surface area contributed by atoms with E-state index in [1.807, 2.05) is 0 Å². The highest BCUT2D eigenvalue weighted by molar-refractivity contribution is 7.21. The number of anilines is 1. The molecule has 0 saturated carbocycles. The van der Waals surface area contributed by atoms with Gasteiger partial charge in [0.15, 0.2) is 6.33 Å². The van der Waals surface area contributed by atoms with Crippen LogP contribution in [0.4, 0.5) is 5.69 Å². The van der Waals surface area contributed by atoms with E-state index in [1.165, 1.54) is 17.7 Å². The summed E-state index contributed by atoms with van der Waals surface area (Å²) in [6.07, 6.45) is 5.17. The first kappa shape index (κ1) is 12.5. The highest BCUT2D eigenvalue weighted by Crippen LogP contribution is 2.32. The number of hydrogen-bond acceptors (Lipinski definition) is 7. The molecule has 3 aromatic heterocycles. The van der Waals surface area contributed by atoms with Crippen molar-refractivity contribution in [1.82, 2.24) is 20.4 Å². The number of aromatic nitrogens is 3. The van der Waals surface area contributed by atoms with Crippen LogP contribution in [0.25, 0.3) is 10.1 Å². The van der Waals surface area contributed by atoms with Gasteiger partial charge in [-0.2, -0.15) is 4.98 Å². The molecule has 0 aromatic carbocycles. The molecule has 0 fully saturated rings. The lowest BCUT2D eigenvalue weighted by Gasteiger charge is -2.02. The minimum absolute atomic E-state index is 0.205. The number of fused-ring (bicyclic) bond motifs is 1. The molecule has 1 amide bonds. The van der Waals surface area contributed by atoms with E-state index in [4.69, 9.17) is 10.3 Å². The predicted molar refractivity (Wildman–Crippen MR) is 74.4 cm³/mol. The minimum atomic E-state index is -0.205. The Hall–Kier alpha value is -2.48. The van der Waals surface area contributed by atoms with Crippen molar-refractivity contribution in [3.63, 3.8) is 0 Å². The third-order valence-corrected chi connectivity index (χ3v) is 3.92. The van der Waals surface area contributed by atoms with Crippen LogP contribution < -0.4 is 11.1 Å². The average Bonchev–Trinajstić information content (AvgIpc) is 3.08. The quantitative estimate of drug-likeness (QED) is 0.748. The number of pyridine rings is 1. The Morgan fingerprint density at radius 1 is 1.50 bits per heavy atom. The molecule has 102 valence electrons. The smallest absolute Gasteiger partial charge is 0.263 e. The van der Waals surface area contributed by atoms with Crippen LogP contribution in [0.15, 0.2) is 29.3 Å². The fourth-order valence-electron chi connectivity index (χ4n) is 1.81. The number of hydrogen-bond donors (Lipinski definition) is 2. The molecule has 0 atom stereocenters. The lowest BCUT2D eigenvalue weighted by Crippen LogP contribution is -2.25. The SMILES string of the molecule is Nc1c(C(=O)NCCc2ncno2)sc2cnccc12. The van der Waals surface area contributed by atoms with E-state index in [0.29, 0.717) is 29.4 Å². The zero-order valence-electron chi connectivity index (χ0n) is 10.4. The highest BCUT2D eigenvalue weighted by atomic mass is 32.1. The number of nitrogen functional groups attached to an aromatic ring is 1. The Bertz CT molecular complexity index is 737. The monoisotopic (exact) mass is 289 g/mol. The number of nitrogens with one attached hydrogen (secondary N) is 1. The number of nitrogens with zero attached hydrogens (tertiary/aromatic N) is 3. The first-order valence-corrected chi connectivity index (χ1v) is 6.73. The van der Waals surface area contributed by atoms with Crippen LogP contribution in [-0.2, 0) is 6.42 Å². The van der Waals surface area contributed by atoms with Crippen LogP contribution in [0.3, 0.4) is 0 Å². The van der Waals surface area contributed by atoms with E-state index in [1.54, 1.807) is 18.5 Å². The van der Waals surface area contributed by atoms with Crippen LogP contribution in [0.1, 0.15) is 15.6 Å². The number of carbonyl (C=O) groups excluding carboxylic acids is 1. The normalized spacial score (nSPS) is 10.8. The van der Waals surface area contributed by atoms with Crippen molar-refractivity contribution < 1.29 is 9.32 Å². The second-order valence-electron chi connectivity index (χ2n) is 4.06. The maximum atomic E-state index is 12.1. The zero-order valence-corrected chi connectivity index (χ0v) is 11.2. The Balaban J connectivity index is 1.71. The van der Waals surface area contributed by atoms with E-state index < -0.39 is 0 Å². The van der Waals surface area contributed by atoms with Crippen molar-refractivity contribution in [2.45, 2.75) is 6.42 Å². The maximum Gasteiger partial charge on any atom is 0.263 e. The molecular weight excluding hydrogens is 278 g/mol. The van der Waals surface area contributed by atoms with Crippen LogP contribution in [0, 0.1) is 0 Å². The Morgan fingerprint density at radius 3 is 3.15 bits per heavy atom. The summed E-state index contributed by atoms with van der Waals surface area (Å²) in [4.78, 5) is 20.5. The molecule has 0 aliphatic heterocycles. The third kappa shape index (κ3) is 2.32. The van der Waals surface area contributed by atoms with Crippen molar-refractivity contribution in [2.75, 3.05) is 12.3 Å². The first-order chi connectivity index (χ1) is 9.75.